The molecule has 3 N–H and O–H groups in total. The molecule has 1 aromatic carbocycles. The number of piperidine rings is 1. The highest BCUT2D eigenvalue weighted by molar-refractivity contribution is 5.74. The molecule has 2 unspecified atom stereocenters. The van der Waals surface area contributed by atoms with Gasteiger partial charge in [0, 0.05) is 57.7 Å². The summed E-state index contributed by atoms with van der Waals surface area (Å²) in [5.41, 5.74) is 1.66. The molecule has 0 aromatic heterocycles. The first-order chi connectivity index (χ1) is 18.3. The van der Waals surface area contributed by atoms with Gasteiger partial charge in [0.05, 0.1) is 19.8 Å². The molecule has 0 radical (unpaired) electrons. The number of halogens is 1. The van der Waals surface area contributed by atoms with Crippen LogP contribution in [0.2, 0.25) is 0 Å². The number of ether oxygens (including phenoxy) is 2. The molecule has 10 heteroatoms. The lowest BCUT2D eigenvalue weighted by atomic mass is 9.88. The molecule has 0 spiro atoms. The Morgan fingerprint density at radius 1 is 1.34 bits per heavy atom. The molecule has 0 aliphatic carbocycles. The summed E-state index contributed by atoms with van der Waals surface area (Å²) in [5.74, 6) is 0.160. The van der Waals surface area contributed by atoms with Gasteiger partial charge in [-0.25, -0.2) is 14.0 Å². The van der Waals surface area contributed by atoms with Gasteiger partial charge >= 0.3 is 12.1 Å². The molecular weight excluding hydrogens is 491 g/mol. The van der Waals surface area contributed by atoms with Crippen LogP contribution in [-0.2, 0) is 22.3 Å². The number of benzene rings is 1. The van der Waals surface area contributed by atoms with E-state index in [4.69, 9.17) is 4.74 Å². The molecule has 0 bridgehead atoms. The largest absolute Gasteiger partial charge is 0.453 e. The van der Waals surface area contributed by atoms with Crippen molar-refractivity contribution in [2.24, 2.45) is 11.8 Å². The Bertz CT molecular complexity index is 933. The lowest BCUT2D eigenvalue weighted by Crippen LogP contribution is -2.49. The first kappa shape index (κ1) is 29.9. The smallest absolute Gasteiger partial charge is 0.406 e. The van der Waals surface area contributed by atoms with E-state index in [1.54, 1.807) is 6.07 Å². The van der Waals surface area contributed by atoms with Crippen LogP contribution in [0, 0.1) is 17.7 Å². The highest BCUT2D eigenvalue weighted by atomic mass is 19.1. The summed E-state index contributed by atoms with van der Waals surface area (Å²) in [6.07, 6.45) is 4.20. The van der Waals surface area contributed by atoms with Gasteiger partial charge in [-0.05, 0) is 61.9 Å². The molecule has 1 aromatic rings. The van der Waals surface area contributed by atoms with Crippen LogP contribution < -0.4 is 10.6 Å². The van der Waals surface area contributed by atoms with E-state index in [9.17, 15) is 19.1 Å². The van der Waals surface area contributed by atoms with Crippen molar-refractivity contribution in [1.29, 1.82) is 0 Å². The van der Waals surface area contributed by atoms with Crippen LogP contribution in [0.5, 0.6) is 0 Å². The first-order valence-electron chi connectivity index (χ1n) is 13.5. The Balaban J connectivity index is 1.49. The lowest BCUT2D eigenvalue weighted by Gasteiger charge is -2.37. The van der Waals surface area contributed by atoms with Gasteiger partial charge < -0.3 is 35.0 Å². The minimum absolute atomic E-state index is 0.0405. The average molecular weight is 535 g/mol. The van der Waals surface area contributed by atoms with Gasteiger partial charge in [-0.2, -0.15) is 0 Å². The molecule has 212 valence electrons. The predicted octanol–water partition coefficient (Wildman–Crippen LogP) is 2.57. The number of nitrogens with zero attached hydrogens (tertiary/aromatic N) is 2. The van der Waals surface area contributed by atoms with Gasteiger partial charge in [0.25, 0.3) is 0 Å². The number of aliphatic hydroxyl groups is 1. The second-order valence-corrected chi connectivity index (χ2v) is 10.3. The Kier molecular flexibility index (Phi) is 11.8. The number of nitrogens with one attached hydrogen (secondary N) is 2. The van der Waals surface area contributed by atoms with Crippen LogP contribution >= 0.6 is 0 Å². The molecule has 2 fully saturated rings. The summed E-state index contributed by atoms with van der Waals surface area (Å²) in [5, 5.41) is 15.9. The normalized spacial score (nSPS) is 22.6. The monoisotopic (exact) mass is 534 g/mol. The van der Waals surface area contributed by atoms with E-state index in [1.807, 2.05) is 11.0 Å². The van der Waals surface area contributed by atoms with Crippen molar-refractivity contribution in [3.63, 3.8) is 0 Å². The number of carbonyl (C=O) groups excluding carboxylic acids is 2. The standard InChI is InChI=1S/C28H43FN4O5/c1-4-21-19-38-13-9-26(21)32(2)12-10-30-27(35)33-11-5-6-20(18-33)14-23-15-24(29)8-7-22(23)16-25(34)17-31-28(36)37-3/h4,7-8,15,20-21,25-26,34H,1,5-6,9-14,16-19H2,2-3H3,(H,30,35)(H,31,36)/t20-,21-,25?,26?/m0/s1. The van der Waals surface area contributed by atoms with Gasteiger partial charge in [-0.1, -0.05) is 12.1 Å². The van der Waals surface area contributed by atoms with Crippen LogP contribution in [0.1, 0.15) is 30.4 Å². The maximum atomic E-state index is 14.1. The fourth-order valence-corrected chi connectivity index (χ4v) is 5.45. The lowest BCUT2D eigenvalue weighted by molar-refractivity contribution is 0.0133. The summed E-state index contributed by atoms with van der Waals surface area (Å²) in [7, 11) is 3.34. The fraction of sp³-hybridized carbons (Fsp3) is 0.643. The fourth-order valence-electron chi connectivity index (χ4n) is 5.45. The summed E-state index contributed by atoms with van der Waals surface area (Å²) < 4.78 is 24.2. The van der Waals surface area contributed by atoms with Crippen molar-refractivity contribution in [3.05, 3.63) is 47.8 Å². The predicted molar refractivity (Wildman–Crippen MR) is 143 cm³/mol. The van der Waals surface area contributed by atoms with E-state index in [2.05, 4.69) is 33.9 Å². The van der Waals surface area contributed by atoms with Gasteiger partial charge in [-0.3, -0.25) is 0 Å². The van der Waals surface area contributed by atoms with E-state index in [0.717, 1.165) is 43.5 Å². The number of hydrogen-bond acceptors (Lipinski definition) is 6. The van der Waals surface area contributed by atoms with Crippen LogP contribution in [0.4, 0.5) is 14.0 Å². The van der Waals surface area contributed by atoms with Crippen molar-refractivity contribution in [2.75, 3.05) is 60.1 Å². The van der Waals surface area contributed by atoms with Gasteiger partial charge in [0.2, 0.25) is 0 Å². The molecule has 2 aliphatic rings. The maximum absolute atomic E-state index is 14.1. The zero-order valence-corrected chi connectivity index (χ0v) is 22.7. The summed E-state index contributed by atoms with van der Waals surface area (Å²) in [6, 6.07) is 4.88. The number of methoxy groups -OCH3 is 1. The van der Waals surface area contributed by atoms with Crippen LogP contribution in [0.25, 0.3) is 0 Å². The molecular formula is C28H43FN4O5. The number of carbonyl (C=O) groups is 2. The Hall–Kier alpha value is -2.69. The third-order valence-electron chi connectivity index (χ3n) is 7.58. The molecule has 3 rings (SSSR count). The van der Waals surface area contributed by atoms with Crippen molar-refractivity contribution in [2.45, 2.75) is 44.2 Å². The number of likely N-dealkylation sites (tertiary alicyclic amines) is 1. The third kappa shape index (κ3) is 8.96. The topological polar surface area (TPSA) is 103 Å². The summed E-state index contributed by atoms with van der Waals surface area (Å²) >= 11 is 0. The van der Waals surface area contributed by atoms with E-state index in [1.165, 1.54) is 19.2 Å². The Morgan fingerprint density at radius 3 is 2.92 bits per heavy atom. The van der Waals surface area contributed by atoms with E-state index in [0.29, 0.717) is 44.6 Å². The summed E-state index contributed by atoms with van der Waals surface area (Å²) in [6.45, 7) is 8.01. The number of amides is 3. The van der Waals surface area contributed by atoms with Gasteiger partial charge in [-0.15, -0.1) is 6.58 Å². The van der Waals surface area contributed by atoms with Gasteiger partial charge in [0.15, 0.2) is 0 Å². The zero-order valence-electron chi connectivity index (χ0n) is 22.7. The van der Waals surface area contributed by atoms with E-state index >= 15 is 0 Å². The molecule has 2 aliphatic heterocycles. The van der Waals surface area contributed by atoms with Crippen molar-refractivity contribution >= 4 is 12.1 Å². The molecule has 9 nitrogen and oxygen atoms in total. The third-order valence-corrected chi connectivity index (χ3v) is 7.58. The zero-order chi connectivity index (χ0) is 27.5. The quantitative estimate of drug-likeness (QED) is 0.377. The van der Waals surface area contributed by atoms with Crippen molar-refractivity contribution in [1.82, 2.24) is 20.4 Å². The maximum Gasteiger partial charge on any atom is 0.406 e. The minimum Gasteiger partial charge on any atom is -0.453 e. The highest BCUT2D eigenvalue weighted by Gasteiger charge is 2.28. The van der Waals surface area contributed by atoms with Crippen molar-refractivity contribution in [3.8, 4) is 0 Å². The van der Waals surface area contributed by atoms with E-state index in [-0.39, 0.29) is 30.7 Å². The molecule has 0 saturated carbocycles. The average Bonchev–Trinajstić information content (AvgIpc) is 2.93. The molecule has 4 atom stereocenters. The number of alkyl carbamates (subject to hydrolysis) is 1. The molecule has 3 amide bonds. The Labute approximate surface area is 225 Å². The van der Waals surface area contributed by atoms with Crippen molar-refractivity contribution < 1.29 is 28.6 Å². The van der Waals surface area contributed by atoms with E-state index < -0.39 is 12.2 Å². The highest BCUT2D eigenvalue weighted by Crippen LogP contribution is 2.24. The van der Waals surface area contributed by atoms with Crippen LogP contribution in [0.3, 0.4) is 0 Å². The molecule has 38 heavy (non-hydrogen) atoms. The minimum atomic E-state index is -0.826. The number of urea groups is 1. The van der Waals surface area contributed by atoms with Crippen LogP contribution in [0.15, 0.2) is 30.9 Å². The van der Waals surface area contributed by atoms with Gasteiger partial charge in [0.1, 0.15) is 5.82 Å². The molecule has 2 heterocycles. The Morgan fingerprint density at radius 2 is 2.16 bits per heavy atom. The van der Waals surface area contributed by atoms with Crippen LogP contribution in [-0.4, -0.2) is 99.3 Å². The second-order valence-electron chi connectivity index (χ2n) is 10.3. The number of hydrogen-bond donors (Lipinski definition) is 3. The second kappa shape index (κ2) is 15.0. The number of likely N-dealkylation sites (N-methyl/N-ethyl adjacent to an activating group) is 1. The first-order valence-corrected chi connectivity index (χ1v) is 13.5. The molecule has 2 saturated heterocycles. The number of aliphatic hydroxyl groups excluding tert-OH is 1. The SMILES string of the molecule is C=C[C@H]1COCCC1N(C)CCNC(=O)N1CCC[C@@H](Cc2cc(F)ccc2CC(O)CNC(=O)OC)C1. The number of rotatable bonds is 11. The summed E-state index contributed by atoms with van der Waals surface area (Å²) in [4.78, 5) is 28.3.